The summed E-state index contributed by atoms with van der Waals surface area (Å²) in [6.07, 6.45) is 1.55. The third kappa shape index (κ3) is 4.26. The summed E-state index contributed by atoms with van der Waals surface area (Å²) in [6, 6.07) is 12.2. The smallest absolute Gasteiger partial charge is 0.240 e. The van der Waals surface area contributed by atoms with Crippen LogP contribution in [0.3, 0.4) is 0 Å². The van der Waals surface area contributed by atoms with Crippen molar-refractivity contribution in [1.82, 2.24) is 20.4 Å². The number of fused-ring (bicyclic) bond motifs is 1. The van der Waals surface area contributed by atoms with E-state index in [0.29, 0.717) is 37.8 Å². The Labute approximate surface area is 162 Å². The third-order valence-corrected chi connectivity index (χ3v) is 5.74. The second kappa shape index (κ2) is 8.02. The Balaban J connectivity index is 1.47. The van der Waals surface area contributed by atoms with Gasteiger partial charge in [-0.3, -0.25) is 9.69 Å². The minimum absolute atomic E-state index is 0.0531. The molecule has 1 amide bonds. The van der Waals surface area contributed by atoms with E-state index < -0.39 is 0 Å². The molecule has 0 radical (unpaired) electrons. The number of amides is 1. The average Bonchev–Trinajstić information content (AvgIpc) is 3.33. The molecule has 6 nitrogen and oxygen atoms in total. The second-order valence-corrected chi connectivity index (χ2v) is 7.78. The number of carbonyl (C=O) groups is 1. The molecular formula is C20H22N4O2S. The Morgan fingerprint density at radius 2 is 2.15 bits per heavy atom. The zero-order valence-electron chi connectivity index (χ0n) is 15.2. The van der Waals surface area contributed by atoms with Gasteiger partial charge in [-0.2, -0.15) is 4.98 Å². The van der Waals surface area contributed by atoms with Crippen LogP contribution in [0, 0.1) is 6.92 Å². The fourth-order valence-corrected chi connectivity index (χ4v) is 4.17. The van der Waals surface area contributed by atoms with E-state index in [4.69, 9.17) is 4.52 Å². The summed E-state index contributed by atoms with van der Waals surface area (Å²) >= 11 is 1.72. The molecule has 3 heterocycles. The number of aryl methyl sites for hydroxylation is 1. The summed E-state index contributed by atoms with van der Waals surface area (Å²) in [7, 11) is 0. The molecule has 1 aliphatic rings. The van der Waals surface area contributed by atoms with Gasteiger partial charge in [-0.15, -0.1) is 11.3 Å². The lowest BCUT2D eigenvalue weighted by atomic mass is 9.93. The maximum atomic E-state index is 12.9. The van der Waals surface area contributed by atoms with Crippen LogP contribution >= 0.6 is 11.3 Å². The highest BCUT2D eigenvalue weighted by molar-refractivity contribution is 7.09. The molecule has 0 saturated carbocycles. The first-order valence-corrected chi connectivity index (χ1v) is 9.97. The summed E-state index contributed by atoms with van der Waals surface area (Å²) in [4.78, 5) is 20.6. The first-order valence-electron chi connectivity index (χ1n) is 9.09. The maximum absolute atomic E-state index is 12.9. The highest BCUT2D eigenvalue weighted by Gasteiger charge is 2.32. The third-order valence-electron chi connectivity index (χ3n) is 4.81. The molecule has 3 aromatic rings. The topological polar surface area (TPSA) is 71.3 Å². The average molecular weight is 382 g/mol. The molecule has 0 unspecified atom stereocenters. The number of nitrogens with one attached hydrogen (secondary N) is 1. The van der Waals surface area contributed by atoms with Crippen LogP contribution in [-0.4, -0.2) is 33.5 Å². The van der Waals surface area contributed by atoms with Gasteiger partial charge < -0.3 is 9.84 Å². The number of thiophene rings is 1. The van der Waals surface area contributed by atoms with Crippen LogP contribution in [0.2, 0.25) is 0 Å². The standard InChI is InChI=1S/C20H22N4O2S/c1-14-22-19(26-23-14)13-24-12-16-6-3-2-5-15(16)11-18(24)20(25)21-9-8-17-7-4-10-27-17/h2-7,10,18H,8-9,11-13H2,1H3,(H,21,25)/t18-/m0/s1. The van der Waals surface area contributed by atoms with Gasteiger partial charge in [-0.05, 0) is 42.3 Å². The number of rotatable bonds is 6. The fraction of sp³-hybridized carbons (Fsp3) is 0.350. The second-order valence-electron chi connectivity index (χ2n) is 6.75. The summed E-state index contributed by atoms with van der Waals surface area (Å²) in [5.74, 6) is 1.21. The van der Waals surface area contributed by atoms with Crippen molar-refractivity contribution in [2.75, 3.05) is 6.54 Å². The van der Waals surface area contributed by atoms with Crippen LogP contribution < -0.4 is 5.32 Å². The van der Waals surface area contributed by atoms with Crippen molar-refractivity contribution in [2.45, 2.75) is 38.9 Å². The normalized spacial score (nSPS) is 16.9. The quantitative estimate of drug-likeness (QED) is 0.710. The van der Waals surface area contributed by atoms with E-state index in [1.54, 1.807) is 18.3 Å². The molecule has 0 aliphatic carbocycles. The zero-order chi connectivity index (χ0) is 18.6. The van der Waals surface area contributed by atoms with Gasteiger partial charge in [0, 0.05) is 18.0 Å². The Morgan fingerprint density at radius 1 is 1.30 bits per heavy atom. The van der Waals surface area contributed by atoms with E-state index in [1.807, 2.05) is 18.2 Å². The Hall–Kier alpha value is -2.51. The van der Waals surface area contributed by atoms with Gasteiger partial charge in [0.1, 0.15) is 0 Å². The molecule has 0 spiro atoms. The van der Waals surface area contributed by atoms with Gasteiger partial charge in [-0.25, -0.2) is 0 Å². The lowest BCUT2D eigenvalue weighted by molar-refractivity contribution is -0.127. The molecular weight excluding hydrogens is 360 g/mol. The van der Waals surface area contributed by atoms with Crippen molar-refractivity contribution in [3.63, 3.8) is 0 Å². The number of hydrogen-bond donors (Lipinski definition) is 1. The van der Waals surface area contributed by atoms with Crippen LogP contribution in [-0.2, 0) is 30.7 Å². The molecule has 1 N–H and O–H groups in total. The van der Waals surface area contributed by atoms with Gasteiger partial charge >= 0.3 is 0 Å². The van der Waals surface area contributed by atoms with Gasteiger partial charge in [0.05, 0.1) is 12.6 Å². The summed E-state index contributed by atoms with van der Waals surface area (Å²) in [6.45, 7) is 3.61. The molecule has 0 fully saturated rings. The number of aromatic nitrogens is 2. The molecule has 0 saturated heterocycles. The minimum Gasteiger partial charge on any atom is -0.354 e. The predicted octanol–water partition coefficient (Wildman–Crippen LogP) is 2.73. The predicted molar refractivity (Wildman–Crippen MR) is 103 cm³/mol. The van der Waals surface area contributed by atoms with E-state index in [0.717, 1.165) is 6.42 Å². The molecule has 4 rings (SSSR count). The van der Waals surface area contributed by atoms with Crippen LogP contribution in [0.5, 0.6) is 0 Å². The minimum atomic E-state index is -0.240. The van der Waals surface area contributed by atoms with Crippen molar-refractivity contribution >= 4 is 17.2 Å². The van der Waals surface area contributed by atoms with E-state index in [2.05, 4.69) is 43.9 Å². The van der Waals surface area contributed by atoms with Crippen molar-refractivity contribution in [3.8, 4) is 0 Å². The van der Waals surface area contributed by atoms with Crippen molar-refractivity contribution < 1.29 is 9.32 Å². The highest BCUT2D eigenvalue weighted by Crippen LogP contribution is 2.25. The van der Waals surface area contributed by atoms with E-state index in [-0.39, 0.29) is 11.9 Å². The summed E-state index contributed by atoms with van der Waals surface area (Å²) in [5, 5.41) is 9.02. The summed E-state index contributed by atoms with van der Waals surface area (Å²) in [5.41, 5.74) is 2.48. The van der Waals surface area contributed by atoms with E-state index >= 15 is 0 Å². The van der Waals surface area contributed by atoms with E-state index in [1.165, 1.54) is 16.0 Å². The molecule has 1 aromatic carbocycles. The molecule has 0 bridgehead atoms. The number of carbonyl (C=O) groups excluding carboxylic acids is 1. The van der Waals surface area contributed by atoms with Gasteiger partial charge in [0.25, 0.3) is 0 Å². The lowest BCUT2D eigenvalue weighted by Gasteiger charge is -2.35. The molecule has 140 valence electrons. The number of hydrogen-bond acceptors (Lipinski definition) is 6. The van der Waals surface area contributed by atoms with Gasteiger partial charge in [-0.1, -0.05) is 35.5 Å². The Kier molecular flexibility index (Phi) is 5.31. The van der Waals surface area contributed by atoms with Crippen LogP contribution in [0.15, 0.2) is 46.3 Å². The molecule has 27 heavy (non-hydrogen) atoms. The van der Waals surface area contributed by atoms with Crippen LogP contribution in [0.1, 0.15) is 27.7 Å². The fourth-order valence-electron chi connectivity index (χ4n) is 3.46. The van der Waals surface area contributed by atoms with Gasteiger partial charge in [0.2, 0.25) is 11.8 Å². The molecule has 7 heteroatoms. The number of nitrogens with zero attached hydrogens (tertiary/aromatic N) is 3. The summed E-state index contributed by atoms with van der Waals surface area (Å²) < 4.78 is 5.28. The highest BCUT2D eigenvalue weighted by atomic mass is 32.1. The lowest BCUT2D eigenvalue weighted by Crippen LogP contribution is -2.50. The SMILES string of the molecule is Cc1noc(CN2Cc3ccccc3C[C@H]2C(=O)NCCc2cccs2)n1. The molecule has 1 aliphatic heterocycles. The first-order chi connectivity index (χ1) is 13.2. The maximum Gasteiger partial charge on any atom is 0.240 e. The largest absolute Gasteiger partial charge is 0.354 e. The van der Waals surface area contributed by atoms with Crippen molar-refractivity contribution in [3.05, 3.63) is 69.5 Å². The zero-order valence-corrected chi connectivity index (χ0v) is 16.0. The monoisotopic (exact) mass is 382 g/mol. The van der Waals surface area contributed by atoms with E-state index in [9.17, 15) is 4.79 Å². The number of benzene rings is 1. The molecule has 2 aromatic heterocycles. The van der Waals surface area contributed by atoms with Crippen molar-refractivity contribution in [2.24, 2.45) is 0 Å². The first kappa shape index (κ1) is 17.9. The Morgan fingerprint density at radius 3 is 2.89 bits per heavy atom. The van der Waals surface area contributed by atoms with Crippen LogP contribution in [0.4, 0.5) is 0 Å². The van der Waals surface area contributed by atoms with Crippen LogP contribution in [0.25, 0.3) is 0 Å². The molecule has 1 atom stereocenters. The van der Waals surface area contributed by atoms with Crippen molar-refractivity contribution in [1.29, 1.82) is 0 Å². The van der Waals surface area contributed by atoms with Gasteiger partial charge in [0.15, 0.2) is 5.82 Å². The Bertz CT molecular complexity index is 906.